The van der Waals surface area contributed by atoms with Gasteiger partial charge >= 0.3 is 0 Å². The molecule has 1 amide bonds. The quantitative estimate of drug-likeness (QED) is 0.897. The fraction of sp³-hybridized carbons (Fsp3) is 0.500. The molecule has 0 radical (unpaired) electrons. The van der Waals surface area contributed by atoms with E-state index >= 15 is 0 Å². The Morgan fingerprint density at radius 3 is 3.19 bits per heavy atom. The van der Waals surface area contributed by atoms with Gasteiger partial charge in [-0.2, -0.15) is 0 Å². The molecular weight excluding hydrogens is 313 g/mol. The molecule has 1 saturated heterocycles. The monoisotopic (exact) mass is 327 g/mol. The molecule has 2 aromatic heterocycles. The van der Waals surface area contributed by atoms with Gasteiger partial charge in [0.2, 0.25) is 0 Å². The van der Waals surface area contributed by atoms with Crippen LogP contribution in [0.3, 0.4) is 0 Å². The smallest absolute Gasteiger partial charge is 0.264 e. The maximum absolute atomic E-state index is 13.7. The molecule has 6 nitrogen and oxygen atoms in total. The molecule has 3 rings (SSSR count). The van der Waals surface area contributed by atoms with E-state index in [1.165, 1.54) is 6.20 Å². The maximum Gasteiger partial charge on any atom is 0.264 e. The number of rotatable bonds is 5. The van der Waals surface area contributed by atoms with Gasteiger partial charge in [-0.05, 0) is 18.0 Å². The van der Waals surface area contributed by atoms with Crippen LogP contribution in [0.15, 0.2) is 17.8 Å². The molecule has 0 aliphatic carbocycles. The number of aromatic nitrogens is 3. The normalized spacial score (nSPS) is 22.5. The predicted octanol–water partition coefficient (Wildman–Crippen LogP) is 1.34. The average Bonchev–Trinajstić information content (AvgIpc) is 3.18. The lowest BCUT2D eigenvalue weighted by Crippen LogP contribution is -2.39. The molecule has 0 aromatic carbocycles. The van der Waals surface area contributed by atoms with Crippen molar-refractivity contribution in [1.29, 1.82) is 0 Å². The Morgan fingerprint density at radius 2 is 2.48 bits per heavy atom. The topological polar surface area (TPSA) is 71.0 Å². The molecule has 1 N–H and O–H groups in total. The summed E-state index contributed by atoms with van der Waals surface area (Å²) in [7, 11) is 0. The Morgan fingerprint density at radius 1 is 1.57 bits per heavy atom. The first-order valence-corrected chi connectivity index (χ1v) is 8.19. The van der Waals surface area contributed by atoms with Crippen molar-refractivity contribution in [2.45, 2.75) is 25.2 Å². The Balaban J connectivity index is 1.56. The van der Waals surface area contributed by atoms with Gasteiger partial charge in [0, 0.05) is 30.7 Å². The zero-order chi connectivity index (χ0) is 14.7. The maximum atomic E-state index is 13.7. The summed E-state index contributed by atoms with van der Waals surface area (Å²) < 4.78 is 17.3. The minimum Gasteiger partial charge on any atom is -0.350 e. The molecule has 9 heteroatoms. The van der Waals surface area contributed by atoms with Gasteiger partial charge in [-0.25, -0.2) is 9.37 Å². The summed E-state index contributed by atoms with van der Waals surface area (Å²) in [6, 6.07) is -0.00580. The van der Waals surface area contributed by atoms with Crippen LogP contribution < -0.4 is 5.32 Å². The van der Waals surface area contributed by atoms with Gasteiger partial charge in [-0.1, -0.05) is 4.49 Å². The van der Waals surface area contributed by atoms with Gasteiger partial charge in [-0.15, -0.1) is 16.4 Å². The molecular formula is C12H14FN5OS2. The lowest BCUT2D eigenvalue weighted by atomic mass is 10.2. The van der Waals surface area contributed by atoms with Crippen LogP contribution in [0, 0.1) is 0 Å². The third-order valence-corrected chi connectivity index (χ3v) is 4.81. The predicted molar refractivity (Wildman–Crippen MR) is 78.1 cm³/mol. The van der Waals surface area contributed by atoms with Gasteiger partial charge in [-0.3, -0.25) is 9.69 Å². The molecule has 0 spiro atoms. The summed E-state index contributed by atoms with van der Waals surface area (Å²) >= 11 is 2.61. The number of carbonyl (C=O) groups is 1. The molecule has 21 heavy (non-hydrogen) atoms. The van der Waals surface area contributed by atoms with Crippen molar-refractivity contribution in [2.75, 3.05) is 13.1 Å². The Labute approximate surface area is 129 Å². The first kappa shape index (κ1) is 14.5. The first-order valence-electron chi connectivity index (χ1n) is 6.54. The van der Waals surface area contributed by atoms with Crippen molar-refractivity contribution in [3.05, 3.63) is 27.7 Å². The molecule has 2 atom stereocenters. The number of nitrogens with zero attached hydrogens (tertiary/aromatic N) is 4. The second-order valence-corrected chi connectivity index (χ2v) is 6.60. The first-order chi connectivity index (χ1) is 10.2. The summed E-state index contributed by atoms with van der Waals surface area (Å²) in [5, 5.41) is 9.33. The van der Waals surface area contributed by atoms with Gasteiger partial charge in [0.05, 0.1) is 12.7 Å². The average molecular weight is 327 g/mol. The second-order valence-electron chi connectivity index (χ2n) is 4.83. The minimum atomic E-state index is -0.850. The molecule has 2 aromatic rings. The van der Waals surface area contributed by atoms with Crippen molar-refractivity contribution < 1.29 is 9.18 Å². The largest absolute Gasteiger partial charge is 0.350 e. The van der Waals surface area contributed by atoms with E-state index in [0.29, 0.717) is 30.9 Å². The van der Waals surface area contributed by atoms with Crippen molar-refractivity contribution in [3.8, 4) is 0 Å². The lowest BCUT2D eigenvalue weighted by Gasteiger charge is -2.23. The zero-order valence-electron chi connectivity index (χ0n) is 11.1. The highest BCUT2D eigenvalue weighted by Crippen LogP contribution is 2.23. The van der Waals surface area contributed by atoms with Gasteiger partial charge in [0.1, 0.15) is 16.1 Å². The third-order valence-electron chi connectivity index (χ3n) is 3.38. The van der Waals surface area contributed by atoms with Gasteiger partial charge < -0.3 is 5.32 Å². The van der Waals surface area contributed by atoms with Crippen LogP contribution in [0.1, 0.15) is 21.1 Å². The van der Waals surface area contributed by atoms with Crippen LogP contribution >= 0.6 is 22.9 Å². The summed E-state index contributed by atoms with van der Waals surface area (Å²) in [5.41, 5.74) is 0. The van der Waals surface area contributed by atoms with Crippen LogP contribution in [0.25, 0.3) is 0 Å². The molecule has 0 saturated carbocycles. The molecule has 0 bridgehead atoms. The Kier molecular flexibility index (Phi) is 4.51. The van der Waals surface area contributed by atoms with E-state index in [1.807, 2.05) is 10.3 Å². The van der Waals surface area contributed by atoms with Crippen LogP contribution in [-0.2, 0) is 6.54 Å². The van der Waals surface area contributed by atoms with E-state index in [9.17, 15) is 9.18 Å². The molecule has 1 aliphatic heterocycles. The number of alkyl halides is 1. The Bertz CT molecular complexity index is 577. The van der Waals surface area contributed by atoms with Gasteiger partial charge in [0.15, 0.2) is 0 Å². The summed E-state index contributed by atoms with van der Waals surface area (Å²) in [6.07, 6.45) is 2.76. The van der Waals surface area contributed by atoms with Crippen molar-refractivity contribution in [1.82, 2.24) is 24.8 Å². The van der Waals surface area contributed by atoms with E-state index in [0.717, 1.165) is 16.5 Å². The standard InChI is InChI=1S/C12H14FN5OS2/c13-8-3-9(4-15-12(19)10-5-16-17-21-10)18(6-8)7-11-14-1-2-20-11/h1-2,5,8-9H,3-4,6-7H2,(H,15,19)/t8-,9-/m0/s1. The fourth-order valence-corrected chi connectivity index (χ4v) is 3.47. The summed E-state index contributed by atoms with van der Waals surface area (Å²) in [6.45, 7) is 1.44. The number of hydrogen-bond acceptors (Lipinski definition) is 7. The molecule has 112 valence electrons. The van der Waals surface area contributed by atoms with E-state index in [2.05, 4.69) is 19.9 Å². The number of carbonyl (C=O) groups excluding carboxylic acids is 1. The number of likely N-dealkylation sites (tertiary alicyclic amines) is 1. The van der Waals surface area contributed by atoms with Crippen molar-refractivity contribution in [3.63, 3.8) is 0 Å². The summed E-state index contributed by atoms with van der Waals surface area (Å²) in [5.74, 6) is -0.207. The highest BCUT2D eigenvalue weighted by atomic mass is 32.1. The van der Waals surface area contributed by atoms with Crippen LogP contribution in [0.4, 0.5) is 4.39 Å². The highest BCUT2D eigenvalue weighted by Gasteiger charge is 2.32. The Hall–Kier alpha value is -1.45. The number of hydrogen-bond donors (Lipinski definition) is 1. The number of thiazole rings is 1. The molecule has 3 heterocycles. The third kappa shape index (κ3) is 3.60. The SMILES string of the molecule is O=C(NC[C@@H]1C[C@H](F)CN1Cc1nccs1)c1cnns1. The number of amides is 1. The van der Waals surface area contributed by atoms with E-state index in [-0.39, 0.29) is 11.9 Å². The zero-order valence-corrected chi connectivity index (χ0v) is 12.7. The molecule has 1 aliphatic rings. The van der Waals surface area contributed by atoms with Gasteiger partial charge in [0.25, 0.3) is 5.91 Å². The second kappa shape index (κ2) is 6.54. The lowest BCUT2D eigenvalue weighted by molar-refractivity contribution is 0.0943. The highest BCUT2D eigenvalue weighted by molar-refractivity contribution is 7.09. The molecule has 0 unspecified atom stereocenters. The van der Waals surface area contributed by atoms with Crippen molar-refractivity contribution >= 4 is 28.8 Å². The number of halogens is 1. The van der Waals surface area contributed by atoms with Crippen LogP contribution in [0.5, 0.6) is 0 Å². The van der Waals surface area contributed by atoms with Crippen molar-refractivity contribution in [2.24, 2.45) is 0 Å². The number of nitrogens with one attached hydrogen (secondary N) is 1. The minimum absolute atomic E-state index is 0.00580. The summed E-state index contributed by atoms with van der Waals surface area (Å²) in [4.78, 5) is 18.6. The van der Waals surface area contributed by atoms with E-state index in [1.54, 1.807) is 17.5 Å². The molecule has 1 fully saturated rings. The van der Waals surface area contributed by atoms with Crippen LogP contribution in [0.2, 0.25) is 0 Å². The van der Waals surface area contributed by atoms with Crippen LogP contribution in [-0.4, -0.2) is 50.7 Å². The van der Waals surface area contributed by atoms with E-state index in [4.69, 9.17) is 0 Å². The fourth-order valence-electron chi connectivity index (χ4n) is 2.40. The van der Waals surface area contributed by atoms with E-state index < -0.39 is 6.17 Å².